The molecule has 0 unspecified atom stereocenters. The predicted molar refractivity (Wildman–Crippen MR) is 77.6 cm³/mol. The minimum absolute atomic E-state index is 1.07. The fourth-order valence-electron chi connectivity index (χ4n) is 1.66. The molecule has 0 fully saturated rings. The number of hydrogen-bond acceptors (Lipinski definition) is 3. The van der Waals surface area contributed by atoms with Crippen LogP contribution in [0.3, 0.4) is 0 Å². The van der Waals surface area contributed by atoms with E-state index in [4.69, 9.17) is 0 Å². The summed E-state index contributed by atoms with van der Waals surface area (Å²) in [4.78, 5) is 4.61. The maximum atomic E-state index is 4.61. The summed E-state index contributed by atoms with van der Waals surface area (Å²) in [5.74, 6) is 0. The van der Waals surface area contributed by atoms with Gasteiger partial charge in [0, 0.05) is 0 Å². The number of aryl methyl sites for hydroxylation is 1. The maximum Gasteiger partial charge on any atom is 0.117 e. The van der Waals surface area contributed by atoms with Crippen molar-refractivity contribution in [3.63, 3.8) is 0 Å². The van der Waals surface area contributed by atoms with E-state index in [9.17, 15) is 0 Å². The van der Waals surface area contributed by atoms with E-state index in [0.717, 1.165) is 10.5 Å². The third kappa shape index (κ3) is 2.30. The Bertz CT molecular complexity index is 663. The molecule has 17 heavy (non-hydrogen) atoms. The Morgan fingerprint density at radius 2 is 2.12 bits per heavy atom. The summed E-state index contributed by atoms with van der Waals surface area (Å²) in [6.45, 7) is 2.10. The van der Waals surface area contributed by atoms with Crippen LogP contribution in [-0.4, -0.2) is 4.98 Å². The molecule has 2 aromatic heterocycles. The standard InChI is InChI=1S/C14H11NS2/c1-10-2-4-13-12(8-10)15-14(17-13)5-3-11-6-7-16-9-11/h2-9H,1H3. The minimum atomic E-state index is 1.07. The van der Waals surface area contributed by atoms with Crippen molar-refractivity contribution in [2.75, 3.05) is 0 Å². The number of thiazole rings is 1. The molecule has 0 saturated heterocycles. The quantitative estimate of drug-likeness (QED) is 0.640. The highest BCUT2D eigenvalue weighted by Crippen LogP contribution is 2.24. The highest BCUT2D eigenvalue weighted by Gasteiger charge is 2.00. The molecule has 0 atom stereocenters. The molecular weight excluding hydrogens is 246 g/mol. The van der Waals surface area contributed by atoms with Crippen molar-refractivity contribution in [2.24, 2.45) is 0 Å². The molecule has 0 saturated carbocycles. The van der Waals surface area contributed by atoms with Crippen LogP contribution in [0.4, 0.5) is 0 Å². The third-order valence-electron chi connectivity index (χ3n) is 2.52. The summed E-state index contributed by atoms with van der Waals surface area (Å²) in [6.07, 6.45) is 4.20. The van der Waals surface area contributed by atoms with Crippen molar-refractivity contribution in [2.45, 2.75) is 6.92 Å². The highest BCUT2D eigenvalue weighted by atomic mass is 32.1. The van der Waals surface area contributed by atoms with Gasteiger partial charge in [0.05, 0.1) is 10.2 Å². The van der Waals surface area contributed by atoms with E-state index in [-0.39, 0.29) is 0 Å². The number of nitrogens with zero attached hydrogens (tertiary/aromatic N) is 1. The van der Waals surface area contributed by atoms with Gasteiger partial charge in [0.1, 0.15) is 5.01 Å². The maximum absolute atomic E-state index is 4.61. The van der Waals surface area contributed by atoms with Gasteiger partial charge in [-0.2, -0.15) is 11.3 Å². The molecule has 3 rings (SSSR count). The van der Waals surface area contributed by atoms with E-state index in [1.54, 1.807) is 22.7 Å². The molecular formula is C14H11NS2. The van der Waals surface area contributed by atoms with Crippen molar-refractivity contribution in [3.8, 4) is 0 Å². The molecule has 0 N–H and O–H groups in total. The van der Waals surface area contributed by atoms with Crippen LogP contribution >= 0.6 is 22.7 Å². The average molecular weight is 257 g/mol. The number of fused-ring (bicyclic) bond motifs is 1. The zero-order valence-corrected chi connectivity index (χ0v) is 11.0. The molecule has 0 aliphatic heterocycles. The lowest BCUT2D eigenvalue weighted by atomic mass is 10.2. The van der Waals surface area contributed by atoms with Gasteiger partial charge in [-0.3, -0.25) is 0 Å². The van der Waals surface area contributed by atoms with Gasteiger partial charge in [0.15, 0.2) is 0 Å². The summed E-state index contributed by atoms with van der Waals surface area (Å²) < 4.78 is 1.25. The van der Waals surface area contributed by atoms with Crippen molar-refractivity contribution < 1.29 is 0 Å². The van der Waals surface area contributed by atoms with Gasteiger partial charge in [-0.05, 0) is 53.1 Å². The van der Waals surface area contributed by atoms with Gasteiger partial charge < -0.3 is 0 Å². The number of benzene rings is 1. The monoisotopic (exact) mass is 257 g/mol. The number of rotatable bonds is 2. The lowest BCUT2D eigenvalue weighted by Gasteiger charge is -1.88. The summed E-state index contributed by atoms with van der Waals surface area (Å²) in [5.41, 5.74) is 3.60. The zero-order chi connectivity index (χ0) is 11.7. The molecule has 1 nitrogen and oxygen atoms in total. The Morgan fingerprint density at radius 1 is 1.18 bits per heavy atom. The second-order valence-electron chi connectivity index (χ2n) is 3.91. The van der Waals surface area contributed by atoms with Gasteiger partial charge in [-0.1, -0.05) is 12.1 Å². The molecule has 0 amide bonds. The number of thiophene rings is 1. The Hall–Kier alpha value is -1.45. The van der Waals surface area contributed by atoms with Crippen LogP contribution in [0.25, 0.3) is 22.4 Å². The van der Waals surface area contributed by atoms with Crippen LogP contribution in [0.15, 0.2) is 35.0 Å². The summed E-state index contributed by atoms with van der Waals surface area (Å²) in [5, 5.41) is 5.28. The van der Waals surface area contributed by atoms with Crippen LogP contribution in [0, 0.1) is 6.92 Å². The van der Waals surface area contributed by atoms with E-state index < -0.39 is 0 Å². The Labute approximate surface area is 108 Å². The van der Waals surface area contributed by atoms with Crippen LogP contribution < -0.4 is 0 Å². The summed E-state index contributed by atoms with van der Waals surface area (Å²) >= 11 is 3.45. The van der Waals surface area contributed by atoms with E-state index in [0.29, 0.717) is 0 Å². The average Bonchev–Trinajstić information content (AvgIpc) is 2.94. The van der Waals surface area contributed by atoms with Gasteiger partial charge >= 0.3 is 0 Å². The van der Waals surface area contributed by atoms with E-state index >= 15 is 0 Å². The highest BCUT2D eigenvalue weighted by molar-refractivity contribution is 7.19. The topological polar surface area (TPSA) is 12.9 Å². The van der Waals surface area contributed by atoms with Gasteiger partial charge in [-0.25, -0.2) is 4.98 Å². The fourth-order valence-corrected chi connectivity index (χ4v) is 3.14. The fraction of sp³-hybridized carbons (Fsp3) is 0.0714. The van der Waals surface area contributed by atoms with Crippen LogP contribution in [0.5, 0.6) is 0 Å². The molecule has 0 aliphatic carbocycles. The second kappa shape index (κ2) is 4.43. The second-order valence-corrected chi connectivity index (χ2v) is 5.76. The van der Waals surface area contributed by atoms with E-state index in [2.05, 4.69) is 59.1 Å². The van der Waals surface area contributed by atoms with Gasteiger partial charge in [0.25, 0.3) is 0 Å². The zero-order valence-electron chi connectivity index (χ0n) is 9.38. The SMILES string of the molecule is Cc1ccc2sc(C=Cc3ccsc3)nc2c1. The molecule has 2 heterocycles. The van der Waals surface area contributed by atoms with Crippen molar-refractivity contribution >= 4 is 45.0 Å². The largest absolute Gasteiger partial charge is 0.237 e. The van der Waals surface area contributed by atoms with Gasteiger partial charge in [-0.15, -0.1) is 11.3 Å². The molecule has 0 bridgehead atoms. The van der Waals surface area contributed by atoms with Crippen LogP contribution in [-0.2, 0) is 0 Å². The molecule has 0 aliphatic rings. The summed E-state index contributed by atoms with van der Waals surface area (Å²) in [7, 11) is 0. The lowest BCUT2D eigenvalue weighted by Crippen LogP contribution is -1.72. The first-order valence-electron chi connectivity index (χ1n) is 5.39. The molecule has 1 aromatic carbocycles. The number of aromatic nitrogens is 1. The first-order valence-corrected chi connectivity index (χ1v) is 7.15. The molecule has 0 spiro atoms. The smallest absolute Gasteiger partial charge is 0.117 e. The Balaban J connectivity index is 1.96. The third-order valence-corrected chi connectivity index (χ3v) is 4.22. The summed E-state index contributed by atoms with van der Waals surface area (Å²) in [6, 6.07) is 8.52. The van der Waals surface area contributed by atoms with Gasteiger partial charge in [0.2, 0.25) is 0 Å². The van der Waals surface area contributed by atoms with E-state index in [1.807, 2.05) is 0 Å². The van der Waals surface area contributed by atoms with Crippen molar-refractivity contribution in [1.29, 1.82) is 0 Å². The Kier molecular flexibility index (Phi) is 2.79. The lowest BCUT2D eigenvalue weighted by molar-refractivity contribution is 1.43. The number of hydrogen-bond donors (Lipinski definition) is 0. The predicted octanol–water partition coefficient (Wildman–Crippen LogP) is 4.84. The molecule has 3 aromatic rings. The first-order chi connectivity index (χ1) is 8.31. The van der Waals surface area contributed by atoms with E-state index in [1.165, 1.54) is 15.8 Å². The van der Waals surface area contributed by atoms with Crippen molar-refractivity contribution in [3.05, 3.63) is 51.2 Å². The normalized spacial score (nSPS) is 11.6. The first kappa shape index (κ1) is 10.7. The molecule has 0 radical (unpaired) electrons. The minimum Gasteiger partial charge on any atom is -0.237 e. The Morgan fingerprint density at radius 3 is 2.94 bits per heavy atom. The molecule has 84 valence electrons. The van der Waals surface area contributed by atoms with Crippen molar-refractivity contribution in [1.82, 2.24) is 4.98 Å². The van der Waals surface area contributed by atoms with Crippen LogP contribution in [0.2, 0.25) is 0 Å². The molecule has 3 heteroatoms. The van der Waals surface area contributed by atoms with Crippen LogP contribution in [0.1, 0.15) is 16.1 Å².